The number of esters is 1. The van der Waals surface area contributed by atoms with Gasteiger partial charge in [0.2, 0.25) is 11.3 Å². The zero-order valence-electron chi connectivity index (χ0n) is 14.0. The van der Waals surface area contributed by atoms with Crippen LogP contribution in [0.4, 0.5) is 0 Å². The second-order valence-electron chi connectivity index (χ2n) is 6.41. The summed E-state index contributed by atoms with van der Waals surface area (Å²) >= 11 is 0. The SMILES string of the molecule is CCCCC1C(C(=O)OCC)C2(C)OC(=N)C1(C#N)C2(C#N)C#N. The molecule has 0 aromatic rings. The maximum Gasteiger partial charge on any atom is 0.313 e. The summed E-state index contributed by atoms with van der Waals surface area (Å²) in [6.07, 6.45) is 1.98. The molecule has 4 atom stereocenters. The summed E-state index contributed by atoms with van der Waals surface area (Å²) in [5.41, 5.74) is -5.24. The lowest BCUT2D eigenvalue weighted by Gasteiger charge is -2.36. The van der Waals surface area contributed by atoms with Gasteiger partial charge in [0.1, 0.15) is 5.92 Å². The average molecular weight is 328 g/mol. The van der Waals surface area contributed by atoms with Crippen LogP contribution in [0.3, 0.4) is 0 Å². The van der Waals surface area contributed by atoms with Gasteiger partial charge in [0.25, 0.3) is 0 Å². The van der Waals surface area contributed by atoms with Crippen molar-refractivity contribution in [2.24, 2.45) is 22.7 Å². The van der Waals surface area contributed by atoms with Crippen molar-refractivity contribution in [1.82, 2.24) is 0 Å². The molecular formula is C17H20N4O3. The van der Waals surface area contributed by atoms with E-state index in [1.54, 1.807) is 6.92 Å². The van der Waals surface area contributed by atoms with Gasteiger partial charge in [-0.05, 0) is 20.3 Å². The Bertz CT molecular complexity index is 684. The van der Waals surface area contributed by atoms with E-state index in [1.165, 1.54) is 6.92 Å². The van der Waals surface area contributed by atoms with E-state index in [9.17, 15) is 20.6 Å². The van der Waals surface area contributed by atoms with E-state index in [0.29, 0.717) is 12.8 Å². The molecule has 7 heteroatoms. The fraction of sp³-hybridized carbons (Fsp3) is 0.706. The van der Waals surface area contributed by atoms with Gasteiger partial charge in [-0.1, -0.05) is 19.8 Å². The molecule has 7 nitrogen and oxygen atoms in total. The average Bonchev–Trinajstić information content (AvgIpc) is 2.86. The summed E-state index contributed by atoms with van der Waals surface area (Å²) < 4.78 is 10.7. The van der Waals surface area contributed by atoms with Crippen LogP contribution in [0.5, 0.6) is 0 Å². The Morgan fingerprint density at radius 1 is 1.29 bits per heavy atom. The Morgan fingerprint density at radius 2 is 1.92 bits per heavy atom. The van der Waals surface area contributed by atoms with Crippen LogP contribution in [0.25, 0.3) is 0 Å². The first-order valence-corrected chi connectivity index (χ1v) is 8.05. The molecule has 0 aromatic carbocycles. The molecule has 2 rings (SSSR count). The van der Waals surface area contributed by atoms with Gasteiger partial charge in [-0.2, -0.15) is 15.8 Å². The minimum absolute atomic E-state index is 0.148. The lowest BCUT2D eigenvalue weighted by Crippen LogP contribution is -2.48. The molecule has 2 bridgehead atoms. The minimum Gasteiger partial charge on any atom is -0.470 e. The molecule has 2 aliphatic rings. The topological polar surface area (TPSA) is 131 Å². The zero-order valence-corrected chi connectivity index (χ0v) is 14.0. The molecule has 0 radical (unpaired) electrons. The van der Waals surface area contributed by atoms with Gasteiger partial charge in [0, 0.05) is 5.92 Å². The Labute approximate surface area is 141 Å². The molecule has 1 saturated heterocycles. The number of nitriles is 3. The predicted molar refractivity (Wildman–Crippen MR) is 82.1 cm³/mol. The normalized spacial score (nSPS) is 35.4. The number of ether oxygens (including phenoxy) is 2. The fourth-order valence-corrected chi connectivity index (χ4v) is 4.38. The minimum atomic E-state index is -1.92. The molecule has 1 aliphatic carbocycles. The van der Waals surface area contributed by atoms with E-state index < -0.39 is 40.1 Å². The molecule has 0 aromatic heterocycles. The van der Waals surface area contributed by atoms with Gasteiger partial charge in [-0.3, -0.25) is 10.2 Å². The molecule has 2 fully saturated rings. The van der Waals surface area contributed by atoms with Crippen LogP contribution < -0.4 is 0 Å². The lowest BCUT2D eigenvalue weighted by molar-refractivity contribution is -0.159. The van der Waals surface area contributed by atoms with Gasteiger partial charge >= 0.3 is 5.97 Å². The molecule has 4 unspecified atom stereocenters. The van der Waals surface area contributed by atoms with Gasteiger partial charge in [-0.25, -0.2) is 0 Å². The third kappa shape index (κ3) is 1.69. The zero-order chi connectivity index (χ0) is 18.2. The smallest absolute Gasteiger partial charge is 0.313 e. The van der Waals surface area contributed by atoms with Gasteiger partial charge in [-0.15, -0.1) is 0 Å². The quantitative estimate of drug-likeness (QED) is 0.770. The molecule has 1 saturated carbocycles. The third-order valence-electron chi connectivity index (χ3n) is 5.48. The van der Waals surface area contributed by atoms with E-state index in [0.717, 1.165) is 6.42 Å². The van der Waals surface area contributed by atoms with Crippen molar-refractivity contribution < 1.29 is 14.3 Å². The molecule has 1 heterocycles. The molecule has 24 heavy (non-hydrogen) atoms. The van der Waals surface area contributed by atoms with Crippen molar-refractivity contribution in [3.8, 4) is 18.2 Å². The van der Waals surface area contributed by atoms with E-state index in [2.05, 4.69) is 0 Å². The van der Waals surface area contributed by atoms with Crippen molar-refractivity contribution >= 4 is 11.9 Å². The summed E-state index contributed by atoms with van der Waals surface area (Å²) in [7, 11) is 0. The van der Waals surface area contributed by atoms with E-state index >= 15 is 0 Å². The van der Waals surface area contributed by atoms with E-state index in [4.69, 9.17) is 14.9 Å². The summed E-state index contributed by atoms with van der Waals surface area (Å²) in [4.78, 5) is 12.6. The number of nitrogens with zero attached hydrogens (tertiary/aromatic N) is 3. The Hall–Kier alpha value is -2.59. The lowest BCUT2D eigenvalue weighted by atomic mass is 9.62. The number of unbranched alkanes of at least 4 members (excludes halogenated alkanes) is 1. The fourth-order valence-electron chi connectivity index (χ4n) is 4.38. The molecule has 126 valence electrons. The number of carbonyl (C=O) groups is 1. The van der Waals surface area contributed by atoms with Gasteiger partial charge in [0.15, 0.2) is 11.0 Å². The van der Waals surface area contributed by atoms with Crippen molar-refractivity contribution in [2.75, 3.05) is 6.61 Å². The molecule has 1 N–H and O–H groups in total. The van der Waals surface area contributed by atoms with Crippen LogP contribution >= 0.6 is 0 Å². The Balaban J connectivity index is 2.74. The first-order valence-electron chi connectivity index (χ1n) is 8.05. The number of carbonyl (C=O) groups excluding carboxylic acids is 1. The molecular weight excluding hydrogens is 308 g/mol. The Morgan fingerprint density at radius 3 is 2.38 bits per heavy atom. The maximum atomic E-state index is 12.6. The highest BCUT2D eigenvalue weighted by Gasteiger charge is 2.87. The first-order chi connectivity index (χ1) is 11.4. The van der Waals surface area contributed by atoms with Crippen LogP contribution in [0.15, 0.2) is 0 Å². The van der Waals surface area contributed by atoms with Crippen LogP contribution in [0.1, 0.15) is 40.0 Å². The number of nitrogens with one attached hydrogen (secondary N) is 1. The number of hydrogen-bond donors (Lipinski definition) is 1. The van der Waals surface area contributed by atoms with Crippen LogP contribution in [-0.2, 0) is 14.3 Å². The van der Waals surface area contributed by atoms with Crippen molar-refractivity contribution in [2.45, 2.75) is 45.6 Å². The number of rotatable bonds is 5. The summed E-state index contributed by atoms with van der Waals surface area (Å²) in [6.45, 7) is 5.26. The van der Waals surface area contributed by atoms with Crippen LogP contribution in [0, 0.1) is 62.1 Å². The van der Waals surface area contributed by atoms with E-state index in [1.807, 2.05) is 25.1 Å². The van der Waals surface area contributed by atoms with Gasteiger partial charge in [0.05, 0.1) is 24.8 Å². The van der Waals surface area contributed by atoms with Gasteiger partial charge < -0.3 is 9.47 Å². The first kappa shape index (κ1) is 17.8. The van der Waals surface area contributed by atoms with Crippen molar-refractivity contribution in [3.05, 3.63) is 0 Å². The maximum absolute atomic E-state index is 12.6. The highest BCUT2D eigenvalue weighted by Crippen LogP contribution is 2.71. The van der Waals surface area contributed by atoms with Crippen LogP contribution in [-0.4, -0.2) is 24.1 Å². The number of fused-ring (bicyclic) bond motifs is 2. The summed E-state index contributed by atoms with van der Waals surface area (Å²) in [5.74, 6) is -2.57. The van der Waals surface area contributed by atoms with Crippen molar-refractivity contribution in [1.29, 1.82) is 21.2 Å². The third-order valence-corrected chi connectivity index (χ3v) is 5.48. The predicted octanol–water partition coefficient (Wildman–Crippen LogP) is 2.30. The summed E-state index contributed by atoms with van der Waals surface area (Å²) in [5, 5.41) is 37.7. The number of hydrogen-bond acceptors (Lipinski definition) is 7. The molecule has 0 spiro atoms. The van der Waals surface area contributed by atoms with Crippen molar-refractivity contribution in [3.63, 3.8) is 0 Å². The van der Waals surface area contributed by atoms with Crippen LogP contribution in [0.2, 0.25) is 0 Å². The largest absolute Gasteiger partial charge is 0.470 e. The second-order valence-corrected chi connectivity index (χ2v) is 6.41. The standard InChI is InChI=1S/C17H20N4O3/c1-4-6-7-11-12(13(22)23-5-2)15(3)16(8-18,9-19)17(11,10-20)14(21)24-15/h11-12,21H,4-7H2,1-3H3. The Kier molecular flexibility index (Phi) is 4.29. The molecule has 1 aliphatic heterocycles. The molecule has 0 amide bonds. The highest BCUT2D eigenvalue weighted by molar-refractivity contribution is 5.94. The van der Waals surface area contributed by atoms with E-state index in [-0.39, 0.29) is 6.61 Å². The summed E-state index contributed by atoms with van der Waals surface area (Å²) in [6, 6.07) is 5.88. The second kappa shape index (κ2) is 5.80. The monoisotopic (exact) mass is 328 g/mol. The highest BCUT2D eigenvalue weighted by atomic mass is 16.5.